The monoisotopic (exact) mass is 1140 g/mol. The number of methoxy groups -OCH3 is 4. The SMILES string of the molecule is COC(C)(Nc1ccc(C(=CC2(C=C(c3ccc(C)cc3)c3ccc(NC(C)(OC)OC)cc3)OC(=O)c3c(I)c(I)c(Cl)c(I)c32)c2ccc(C)cc2)cc1)OC. The lowest BCUT2D eigenvalue weighted by Gasteiger charge is -2.29. The summed E-state index contributed by atoms with van der Waals surface area (Å²) in [6.07, 6.45) is 4.12. The largest absolute Gasteiger partial charge is 0.442 e. The quantitative estimate of drug-likeness (QED) is 0.0374. The number of cyclic esters (lactones) is 1. The molecular formula is C46H44ClI3N2O6. The van der Waals surface area contributed by atoms with Gasteiger partial charge in [-0.2, -0.15) is 0 Å². The van der Waals surface area contributed by atoms with Gasteiger partial charge in [0.05, 0.1) is 10.6 Å². The number of nitrogens with one attached hydrogen (secondary N) is 2. The van der Waals surface area contributed by atoms with Crippen LogP contribution in [0, 0.1) is 24.6 Å². The van der Waals surface area contributed by atoms with Crippen LogP contribution in [0.25, 0.3) is 11.1 Å². The zero-order chi connectivity index (χ0) is 42.0. The molecule has 0 unspecified atom stereocenters. The Morgan fingerprint density at radius 3 is 1.29 bits per heavy atom. The second-order valence-corrected chi connectivity index (χ2v) is 17.8. The average Bonchev–Trinajstić information content (AvgIpc) is 3.52. The van der Waals surface area contributed by atoms with Gasteiger partial charge in [-0.15, -0.1) is 0 Å². The van der Waals surface area contributed by atoms with E-state index >= 15 is 0 Å². The fourth-order valence-electron chi connectivity index (χ4n) is 6.61. The maximum absolute atomic E-state index is 14.4. The molecular weight excluding hydrogens is 1090 g/mol. The Hall–Kier alpha value is -3.03. The molecule has 302 valence electrons. The second-order valence-electron chi connectivity index (χ2n) is 14.1. The van der Waals surface area contributed by atoms with Gasteiger partial charge in [0.15, 0.2) is 5.60 Å². The van der Waals surface area contributed by atoms with Crippen molar-refractivity contribution in [3.63, 3.8) is 0 Å². The molecule has 0 saturated carbocycles. The molecule has 0 atom stereocenters. The minimum atomic E-state index is -1.42. The van der Waals surface area contributed by atoms with E-state index in [0.29, 0.717) is 16.1 Å². The number of halogens is 4. The molecule has 5 aromatic carbocycles. The van der Waals surface area contributed by atoms with Gasteiger partial charge in [-0.05, 0) is 151 Å². The molecule has 5 aromatic rings. The minimum Gasteiger partial charge on any atom is -0.442 e. The molecule has 1 aliphatic heterocycles. The maximum atomic E-state index is 14.4. The van der Waals surface area contributed by atoms with E-state index in [2.05, 4.69) is 153 Å². The molecule has 1 heterocycles. The van der Waals surface area contributed by atoms with Gasteiger partial charge in [0.2, 0.25) is 11.8 Å². The average molecular weight is 1140 g/mol. The fraction of sp³-hybridized carbons (Fsp3) is 0.239. The summed E-state index contributed by atoms with van der Waals surface area (Å²) >= 11 is 13.8. The normalized spacial score (nSPS) is 16.0. The highest BCUT2D eigenvalue weighted by Gasteiger charge is 2.48. The van der Waals surface area contributed by atoms with Crippen molar-refractivity contribution in [1.29, 1.82) is 0 Å². The van der Waals surface area contributed by atoms with Crippen LogP contribution < -0.4 is 10.6 Å². The molecule has 58 heavy (non-hydrogen) atoms. The highest BCUT2D eigenvalue weighted by Crippen LogP contribution is 2.50. The summed E-state index contributed by atoms with van der Waals surface area (Å²) < 4.78 is 31.3. The van der Waals surface area contributed by atoms with E-state index in [4.69, 9.17) is 35.3 Å². The lowest BCUT2D eigenvalue weighted by Crippen LogP contribution is -2.38. The summed E-state index contributed by atoms with van der Waals surface area (Å²) in [5.74, 6) is -2.47. The summed E-state index contributed by atoms with van der Waals surface area (Å²) in [7, 11) is 6.34. The predicted octanol–water partition coefficient (Wildman–Crippen LogP) is 12.2. The first-order valence-electron chi connectivity index (χ1n) is 18.3. The number of carbonyl (C=O) groups excluding carboxylic acids is 1. The Morgan fingerprint density at radius 1 is 0.603 bits per heavy atom. The van der Waals surface area contributed by atoms with Crippen molar-refractivity contribution in [1.82, 2.24) is 0 Å². The van der Waals surface area contributed by atoms with Gasteiger partial charge in [0, 0.05) is 69.9 Å². The van der Waals surface area contributed by atoms with Crippen LogP contribution >= 0.6 is 79.4 Å². The number of fused-ring (bicyclic) bond motifs is 1. The third-order valence-electron chi connectivity index (χ3n) is 10.3. The molecule has 2 N–H and O–H groups in total. The van der Waals surface area contributed by atoms with E-state index < -0.39 is 23.4 Å². The summed E-state index contributed by atoms with van der Waals surface area (Å²) in [4.78, 5) is 14.4. The zero-order valence-electron chi connectivity index (χ0n) is 33.4. The van der Waals surface area contributed by atoms with Crippen LogP contribution in [0.15, 0.2) is 109 Å². The summed E-state index contributed by atoms with van der Waals surface area (Å²) in [5, 5.41) is 7.17. The third kappa shape index (κ3) is 9.31. The molecule has 8 nitrogen and oxygen atoms in total. The highest BCUT2D eigenvalue weighted by molar-refractivity contribution is 14.1. The van der Waals surface area contributed by atoms with E-state index in [9.17, 15) is 4.79 Å². The van der Waals surface area contributed by atoms with Gasteiger partial charge in [-0.1, -0.05) is 95.5 Å². The highest BCUT2D eigenvalue weighted by atomic mass is 127. The number of ether oxygens (including phenoxy) is 5. The molecule has 1 aliphatic rings. The van der Waals surface area contributed by atoms with Crippen molar-refractivity contribution in [2.24, 2.45) is 0 Å². The topological polar surface area (TPSA) is 87.3 Å². The smallest absolute Gasteiger partial charge is 0.341 e. The second kappa shape index (κ2) is 18.3. The van der Waals surface area contributed by atoms with Gasteiger partial charge < -0.3 is 34.3 Å². The molecule has 0 radical (unpaired) electrons. The number of anilines is 2. The Bertz CT molecular complexity index is 2230. The first-order chi connectivity index (χ1) is 27.6. The molecule has 0 amide bonds. The standard InChI is InChI=1S/C46H44ClI3N2O6/c1-27-9-13-29(14-10-27)35(31-17-21-33(22-18-31)51-44(3,54-5)55-6)25-46(38-37(43(53)58-46)40(48)42(50)39(47)41(38)49)26-36(30-15-11-28(2)12-16-30)32-19-23-34(24-20-32)52-45(4,56-7)57-8/h9-26,51-52H,1-8H3. The molecule has 0 bridgehead atoms. The number of hydrogen-bond donors (Lipinski definition) is 2. The van der Waals surface area contributed by atoms with Crippen molar-refractivity contribution < 1.29 is 28.5 Å². The number of benzene rings is 5. The predicted molar refractivity (Wildman–Crippen MR) is 258 cm³/mol. The van der Waals surface area contributed by atoms with Gasteiger partial charge >= 0.3 is 5.97 Å². The lowest BCUT2D eigenvalue weighted by molar-refractivity contribution is -0.171. The Balaban J connectivity index is 1.66. The molecule has 0 saturated heterocycles. The maximum Gasteiger partial charge on any atom is 0.341 e. The van der Waals surface area contributed by atoms with Crippen LogP contribution in [0.3, 0.4) is 0 Å². The van der Waals surface area contributed by atoms with Gasteiger partial charge in [0.1, 0.15) is 0 Å². The van der Waals surface area contributed by atoms with E-state index in [-0.39, 0.29) is 0 Å². The molecule has 0 fully saturated rings. The Kier molecular flexibility index (Phi) is 14.0. The van der Waals surface area contributed by atoms with Crippen molar-refractivity contribution in [2.75, 3.05) is 39.1 Å². The van der Waals surface area contributed by atoms with Crippen LogP contribution in [-0.2, 0) is 29.3 Å². The third-order valence-corrected chi connectivity index (χ3v) is 15.5. The van der Waals surface area contributed by atoms with Crippen LogP contribution in [0.4, 0.5) is 11.4 Å². The van der Waals surface area contributed by atoms with Gasteiger partial charge in [0.25, 0.3) is 0 Å². The number of esters is 1. The number of hydrogen-bond acceptors (Lipinski definition) is 8. The number of carbonyl (C=O) groups is 1. The summed E-state index contributed by atoms with van der Waals surface area (Å²) in [6.45, 7) is 7.73. The van der Waals surface area contributed by atoms with Crippen molar-refractivity contribution in [3.05, 3.63) is 169 Å². The summed E-state index contributed by atoms with van der Waals surface area (Å²) in [5.41, 5.74) is 8.98. The van der Waals surface area contributed by atoms with Gasteiger partial charge in [-0.3, -0.25) is 0 Å². The molecule has 0 aromatic heterocycles. The number of rotatable bonds is 14. The first-order valence-corrected chi connectivity index (χ1v) is 21.9. The van der Waals surface area contributed by atoms with Crippen LogP contribution in [0.2, 0.25) is 5.02 Å². The molecule has 6 rings (SSSR count). The van der Waals surface area contributed by atoms with E-state index in [1.165, 1.54) is 0 Å². The van der Waals surface area contributed by atoms with Crippen LogP contribution in [-0.4, -0.2) is 46.2 Å². The fourth-order valence-corrected chi connectivity index (χ4v) is 9.74. The van der Waals surface area contributed by atoms with Crippen LogP contribution in [0.1, 0.15) is 63.1 Å². The Morgan fingerprint density at radius 2 is 0.948 bits per heavy atom. The lowest BCUT2D eigenvalue weighted by atomic mass is 9.83. The van der Waals surface area contributed by atoms with Crippen LogP contribution in [0.5, 0.6) is 0 Å². The minimum absolute atomic E-state index is 0.429. The first kappa shape index (κ1) is 44.5. The van der Waals surface area contributed by atoms with E-state index in [1.807, 2.05) is 62.4 Å². The van der Waals surface area contributed by atoms with Crippen molar-refractivity contribution >= 4 is 108 Å². The number of aryl methyl sites for hydroxylation is 2. The molecule has 0 spiro atoms. The molecule has 12 heteroatoms. The Labute approximate surface area is 386 Å². The van der Waals surface area contributed by atoms with Crippen molar-refractivity contribution in [3.8, 4) is 0 Å². The zero-order valence-corrected chi connectivity index (χ0v) is 40.6. The van der Waals surface area contributed by atoms with Gasteiger partial charge in [-0.25, -0.2) is 4.79 Å². The van der Waals surface area contributed by atoms with E-state index in [0.717, 1.165) is 66.6 Å². The molecule has 0 aliphatic carbocycles. The van der Waals surface area contributed by atoms with Crippen molar-refractivity contribution in [2.45, 2.75) is 45.1 Å². The summed E-state index contributed by atoms with van der Waals surface area (Å²) in [6, 6.07) is 32.7. The van der Waals surface area contributed by atoms with E-state index in [1.54, 1.807) is 28.4 Å².